The molecule has 0 unspecified atom stereocenters. The van der Waals surface area contributed by atoms with Gasteiger partial charge in [0.05, 0.1) is 27.2 Å². The van der Waals surface area contributed by atoms with Crippen LogP contribution in [0.1, 0.15) is 20.9 Å². The molecule has 0 aromatic carbocycles. The van der Waals surface area contributed by atoms with Gasteiger partial charge in [0.2, 0.25) is 0 Å². The third-order valence-electron chi connectivity index (χ3n) is 4.35. The van der Waals surface area contributed by atoms with Crippen molar-refractivity contribution in [2.75, 3.05) is 11.4 Å². The minimum Gasteiger partial charge on any atom is -0.335 e. The largest absolute Gasteiger partial charge is 0.406 e. The summed E-state index contributed by atoms with van der Waals surface area (Å²) in [5.41, 5.74) is 0.901. The molecule has 0 saturated carbocycles. The quantitative estimate of drug-likeness (QED) is 0.445. The maximum absolute atomic E-state index is 13.4. The molecule has 154 valence electrons. The SMILES string of the molecule is Cc1ccc(-c2cc(C(=O)N(CC(F)(F)F)c3ccccn3)c3c(C)noc3n2)s1. The van der Waals surface area contributed by atoms with E-state index in [1.807, 2.05) is 19.1 Å². The van der Waals surface area contributed by atoms with Gasteiger partial charge in [-0.25, -0.2) is 9.97 Å². The molecule has 0 spiro atoms. The Bertz CT molecular complexity index is 1220. The smallest absolute Gasteiger partial charge is 0.335 e. The highest BCUT2D eigenvalue weighted by molar-refractivity contribution is 7.15. The van der Waals surface area contributed by atoms with Gasteiger partial charge in [0, 0.05) is 11.1 Å². The molecule has 1 amide bonds. The number of nitrogens with zero attached hydrogens (tertiary/aromatic N) is 4. The van der Waals surface area contributed by atoms with Crippen LogP contribution in [-0.2, 0) is 0 Å². The van der Waals surface area contributed by atoms with Crippen molar-refractivity contribution < 1.29 is 22.5 Å². The van der Waals surface area contributed by atoms with Gasteiger partial charge in [-0.05, 0) is 44.2 Å². The van der Waals surface area contributed by atoms with E-state index in [4.69, 9.17) is 4.52 Å². The van der Waals surface area contributed by atoms with Gasteiger partial charge < -0.3 is 4.52 Å². The molecule has 0 bridgehead atoms. The van der Waals surface area contributed by atoms with Crippen LogP contribution < -0.4 is 4.90 Å². The molecule has 0 saturated heterocycles. The van der Waals surface area contributed by atoms with Gasteiger partial charge in [0.1, 0.15) is 12.4 Å². The lowest BCUT2D eigenvalue weighted by atomic mass is 10.1. The van der Waals surface area contributed by atoms with E-state index in [0.29, 0.717) is 16.3 Å². The van der Waals surface area contributed by atoms with Crippen LogP contribution in [0.3, 0.4) is 0 Å². The third-order valence-corrected chi connectivity index (χ3v) is 5.37. The summed E-state index contributed by atoms with van der Waals surface area (Å²) < 4.78 is 45.1. The molecule has 4 aromatic heterocycles. The summed E-state index contributed by atoms with van der Waals surface area (Å²) in [4.78, 5) is 24.1. The van der Waals surface area contributed by atoms with E-state index in [1.54, 1.807) is 13.0 Å². The van der Waals surface area contributed by atoms with E-state index in [9.17, 15) is 18.0 Å². The van der Waals surface area contributed by atoms with Crippen molar-refractivity contribution in [2.24, 2.45) is 0 Å². The Kier molecular flexibility index (Phi) is 5.02. The van der Waals surface area contributed by atoms with E-state index < -0.39 is 18.6 Å². The number of rotatable bonds is 4. The van der Waals surface area contributed by atoms with Crippen molar-refractivity contribution in [3.05, 3.63) is 58.7 Å². The van der Waals surface area contributed by atoms with Crippen LogP contribution in [0, 0.1) is 13.8 Å². The summed E-state index contributed by atoms with van der Waals surface area (Å²) in [6.07, 6.45) is -3.28. The van der Waals surface area contributed by atoms with Crippen LogP contribution in [0.4, 0.5) is 19.0 Å². The molecule has 0 aliphatic rings. The summed E-state index contributed by atoms with van der Waals surface area (Å²) in [7, 11) is 0. The zero-order chi connectivity index (χ0) is 21.5. The number of carbonyl (C=O) groups is 1. The number of halogens is 3. The highest BCUT2D eigenvalue weighted by Crippen LogP contribution is 2.32. The first-order valence-electron chi connectivity index (χ1n) is 8.86. The van der Waals surface area contributed by atoms with E-state index in [-0.39, 0.29) is 22.5 Å². The molecule has 30 heavy (non-hydrogen) atoms. The molecule has 10 heteroatoms. The first kappa shape index (κ1) is 20.0. The standard InChI is InChI=1S/C20H15F3N4O2S/c1-11-6-7-15(30-11)14-9-13(17-12(2)26-29-18(17)25-14)19(28)27(10-20(21,22)23)16-5-3-4-8-24-16/h3-9H,10H2,1-2H3. The Morgan fingerprint density at radius 3 is 2.63 bits per heavy atom. The van der Waals surface area contributed by atoms with Crippen molar-refractivity contribution in [2.45, 2.75) is 20.0 Å². The highest BCUT2D eigenvalue weighted by atomic mass is 32.1. The molecular formula is C20H15F3N4O2S. The fraction of sp³-hybridized carbons (Fsp3) is 0.200. The number of pyridine rings is 2. The monoisotopic (exact) mass is 432 g/mol. The molecule has 4 aromatic rings. The van der Waals surface area contributed by atoms with Crippen LogP contribution >= 0.6 is 11.3 Å². The number of carbonyl (C=O) groups excluding carboxylic acids is 1. The van der Waals surface area contributed by atoms with Gasteiger partial charge in [-0.3, -0.25) is 9.69 Å². The minimum absolute atomic E-state index is 0.0229. The van der Waals surface area contributed by atoms with Crippen LogP contribution in [-0.4, -0.2) is 33.8 Å². The number of aryl methyl sites for hydroxylation is 2. The Morgan fingerprint density at radius 2 is 2.00 bits per heavy atom. The molecule has 0 atom stereocenters. The van der Waals surface area contributed by atoms with E-state index in [0.717, 1.165) is 9.75 Å². The Labute approximate surface area is 173 Å². The molecule has 6 nitrogen and oxygen atoms in total. The van der Waals surface area contributed by atoms with Gasteiger partial charge in [-0.2, -0.15) is 13.2 Å². The van der Waals surface area contributed by atoms with Crippen LogP contribution in [0.5, 0.6) is 0 Å². The van der Waals surface area contributed by atoms with E-state index in [1.165, 1.54) is 35.7 Å². The molecule has 0 N–H and O–H groups in total. The lowest BCUT2D eigenvalue weighted by Gasteiger charge is -2.23. The highest BCUT2D eigenvalue weighted by Gasteiger charge is 2.36. The Balaban J connectivity index is 1.89. The van der Waals surface area contributed by atoms with Crippen LogP contribution in [0.2, 0.25) is 0 Å². The Hall–Kier alpha value is -3.27. The number of fused-ring (bicyclic) bond motifs is 1. The molecular weight excluding hydrogens is 417 g/mol. The molecule has 4 rings (SSSR count). The number of alkyl halides is 3. The second-order valence-electron chi connectivity index (χ2n) is 6.61. The number of anilines is 1. The van der Waals surface area contributed by atoms with Crippen molar-refractivity contribution in [1.29, 1.82) is 0 Å². The first-order valence-corrected chi connectivity index (χ1v) is 9.68. The molecule has 0 radical (unpaired) electrons. The summed E-state index contributed by atoms with van der Waals surface area (Å²) >= 11 is 1.45. The fourth-order valence-electron chi connectivity index (χ4n) is 3.06. The number of hydrogen-bond acceptors (Lipinski definition) is 6. The van der Waals surface area contributed by atoms with Crippen molar-refractivity contribution in [3.63, 3.8) is 0 Å². The van der Waals surface area contributed by atoms with Crippen LogP contribution in [0.25, 0.3) is 21.7 Å². The summed E-state index contributed by atoms with van der Waals surface area (Å²) in [5, 5.41) is 4.12. The van der Waals surface area contributed by atoms with E-state index >= 15 is 0 Å². The number of amides is 1. The van der Waals surface area contributed by atoms with Gasteiger partial charge in [-0.1, -0.05) is 11.2 Å². The predicted molar refractivity (Wildman–Crippen MR) is 107 cm³/mol. The summed E-state index contributed by atoms with van der Waals surface area (Å²) in [6, 6.07) is 9.64. The Morgan fingerprint density at radius 1 is 1.20 bits per heavy atom. The summed E-state index contributed by atoms with van der Waals surface area (Å²) in [6.45, 7) is 2.04. The minimum atomic E-state index is -4.61. The molecule has 0 aliphatic heterocycles. The molecule has 0 aliphatic carbocycles. The third kappa shape index (κ3) is 3.90. The number of aromatic nitrogens is 3. The van der Waals surface area contributed by atoms with Gasteiger partial charge in [0.25, 0.3) is 11.6 Å². The van der Waals surface area contributed by atoms with Crippen molar-refractivity contribution >= 4 is 34.2 Å². The molecule has 0 fully saturated rings. The number of hydrogen-bond donors (Lipinski definition) is 0. The van der Waals surface area contributed by atoms with Gasteiger partial charge >= 0.3 is 6.18 Å². The zero-order valence-corrected chi connectivity index (χ0v) is 16.7. The second-order valence-corrected chi connectivity index (χ2v) is 7.90. The van der Waals surface area contributed by atoms with E-state index in [2.05, 4.69) is 15.1 Å². The lowest BCUT2D eigenvalue weighted by Crippen LogP contribution is -2.39. The normalized spacial score (nSPS) is 11.8. The summed E-state index contributed by atoms with van der Waals surface area (Å²) in [5.74, 6) is -0.966. The maximum atomic E-state index is 13.4. The number of thiophene rings is 1. The predicted octanol–water partition coefficient (Wildman–Crippen LogP) is 5.17. The second kappa shape index (κ2) is 7.52. The van der Waals surface area contributed by atoms with Crippen LogP contribution in [0.15, 0.2) is 47.1 Å². The average molecular weight is 432 g/mol. The average Bonchev–Trinajstić information content (AvgIpc) is 3.31. The molecule has 4 heterocycles. The van der Waals surface area contributed by atoms with Crippen molar-refractivity contribution in [1.82, 2.24) is 15.1 Å². The van der Waals surface area contributed by atoms with Gasteiger partial charge in [-0.15, -0.1) is 11.3 Å². The van der Waals surface area contributed by atoms with Crippen molar-refractivity contribution in [3.8, 4) is 10.6 Å². The fourth-order valence-corrected chi connectivity index (χ4v) is 3.88. The first-order chi connectivity index (χ1) is 14.2. The lowest BCUT2D eigenvalue weighted by molar-refractivity contribution is -0.118. The zero-order valence-electron chi connectivity index (χ0n) is 15.9. The van der Waals surface area contributed by atoms with Gasteiger partial charge in [0.15, 0.2) is 0 Å². The topological polar surface area (TPSA) is 72.1 Å². The maximum Gasteiger partial charge on any atom is 0.406 e.